The first-order chi connectivity index (χ1) is 8.78. The zero-order chi connectivity index (χ0) is 14.2. The molecular weight excluding hydrogens is 328 g/mol. The third-order valence-electron chi connectivity index (χ3n) is 2.92. The number of aromatic nitrogens is 1. The lowest BCUT2D eigenvalue weighted by Crippen LogP contribution is -2.36. The third kappa shape index (κ3) is 3.48. The highest BCUT2D eigenvalue weighted by atomic mass is 79.9. The fourth-order valence-corrected chi connectivity index (χ4v) is 3.63. The summed E-state index contributed by atoms with van der Waals surface area (Å²) in [7, 11) is 0. The van der Waals surface area contributed by atoms with E-state index in [1.165, 1.54) is 0 Å². The van der Waals surface area contributed by atoms with Crippen molar-refractivity contribution in [3.63, 3.8) is 0 Å². The van der Waals surface area contributed by atoms with Gasteiger partial charge in [-0.25, -0.2) is 9.78 Å². The highest BCUT2D eigenvalue weighted by Crippen LogP contribution is 2.37. The second kappa shape index (κ2) is 5.40. The van der Waals surface area contributed by atoms with Crippen LogP contribution >= 0.6 is 27.3 Å². The van der Waals surface area contributed by atoms with E-state index in [2.05, 4.69) is 20.9 Å². The number of thiazole rings is 1. The molecule has 2 heterocycles. The van der Waals surface area contributed by atoms with Crippen molar-refractivity contribution in [3.8, 4) is 0 Å². The average Bonchev–Trinajstić information content (AvgIpc) is 2.83. The van der Waals surface area contributed by atoms with Crippen molar-refractivity contribution in [1.82, 2.24) is 9.88 Å². The van der Waals surface area contributed by atoms with Crippen molar-refractivity contribution < 1.29 is 9.53 Å². The Morgan fingerprint density at radius 3 is 2.74 bits per heavy atom. The van der Waals surface area contributed by atoms with Gasteiger partial charge in [0.1, 0.15) is 10.6 Å². The molecule has 1 atom stereocenters. The molecule has 2 rings (SSSR count). The van der Waals surface area contributed by atoms with Gasteiger partial charge in [-0.2, -0.15) is 0 Å². The zero-order valence-corrected chi connectivity index (χ0v) is 14.1. The van der Waals surface area contributed by atoms with E-state index < -0.39 is 5.60 Å². The van der Waals surface area contributed by atoms with Crippen LogP contribution in [0.4, 0.5) is 4.79 Å². The van der Waals surface area contributed by atoms with E-state index in [9.17, 15) is 4.79 Å². The van der Waals surface area contributed by atoms with Crippen LogP contribution < -0.4 is 0 Å². The van der Waals surface area contributed by atoms with Gasteiger partial charge >= 0.3 is 6.09 Å². The minimum absolute atomic E-state index is 0.0600. The summed E-state index contributed by atoms with van der Waals surface area (Å²) in [4.78, 5) is 18.6. The van der Waals surface area contributed by atoms with E-state index in [1.807, 2.05) is 27.7 Å². The molecule has 0 aromatic carbocycles. The number of carbonyl (C=O) groups is 1. The van der Waals surface area contributed by atoms with Crippen LogP contribution in [0, 0.1) is 6.92 Å². The number of aryl methyl sites for hydroxylation is 1. The largest absolute Gasteiger partial charge is 0.444 e. The maximum absolute atomic E-state index is 12.2. The van der Waals surface area contributed by atoms with Crippen LogP contribution in [-0.2, 0) is 4.74 Å². The van der Waals surface area contributed by atoms with Crippen molar-refractivity contribution in [2.24, 2.45) is 0 Å². The second-order valence-corrected chi connectivity index (χ2v) is 8.09. The Kier molecular flexibility index (Phi) is 4.20. The lowest BCUT2D eigenvalue weighted by atomic mass is 10.2. The fourth-order valence-electron chi connectivity index (χ4n) is 2.10. The summed E-state index contributed by atoms with van der Waals surface area (Å²) in [5.41, 5.74) is 0.528. The molecule has 1 saturated heterocycles. The molecule has 1 aliphatic heterocycles. The lowest BCUT2D eigenvalue weighted by Gasteiger charge is -2.27. The molecule has 0 spiro atoms. The van der Waals surface area contributed by atoms with E-state index in [1.54, 1.807) is 16.2 Å². The van der Waals surface area contributed by atoms with Crippen molar-refractivity contribution >= 4 is 33.4 Å². The topological polar surface area (TPSA) is 42.4 Å². The van der Waals surface area contributed by atoms with Gasteiger partial charge in [-0.05, 0) is 56.5 Å². The van der Waals surface area contributed by atoms with Crippen molar-refractivity contribution in [3.05, 3.63) is 14.5 Å². The number of halogens is 1. The molecule has 1 fully saturated rings. The van der Waals surface area contributed by atoms with Gasteiger partial charge in [-0.3, -0.25) is 4.90 Å². The van der Waals surface area contributed by atoms with Crippen molar-refractivity contribution in [2.75, 3.05) is 6.54 Å². The molecule has 0 aliphatic carbocycles. The second-order valence-electron chi connectivity index (χ2n) is 5.74. The minimum Gasteiger partial charge on any atom is -0.444 e. The molecule has 0 unspecified atom stereocenters. The SMILES string of the molecule is Cc1nc([C@H]2CCCN2C(=O)OC(C)(C)C)sc1Br. The predicted molar refractivity (Wildman–Crippen MR) is 79.5 cm³/mol. The van der Waals surface area contributed by atoms with Crippen LogP contribution in [0.2, 0.25) is 0 Å². The number of rotatable bonds is 1. The molecule has 1 aromatic heterocycles. The van der Waals surface area contributed by atoms with Gasteiger partial charge in [0, 0.05) is 6.54 Å². The number of hydrogen-bond donors (Lipinski definition) is 0. The minimum atomic E-state index is -0.455. The predicted octanol–water partition coefficient (Wildman–Crippen LogP) is 4.29. The molecule has 0 saturated carbocycles. The number of ether oxygens (including phenoxy) is 1. The van der Waals surface area contributed by atoms with E-state index in [0.717, 1.165) is 33.9 Å². The number of hydrogen-bond acceptors (Lipinski definition) is 4. The van der Waals surface area contributed by atoms with Gasteiger partial charge in [0.25, 0.3) is 0 Å². The summed E-state index contributed by atoms with van der Waals surface area (Å²) in [6, 6.07) is 0.0600. The van der Waals surface area contributed by atoms with Crippen molar-refractivity contribution in [1.29, 1.82) is 0 Å². The Morgan fingerprint density at radius 2 is 2.21 bits per heavy atom. The van der Waals surface area contributed by atoms with Crippen molar-refractivity contribution in [2.45, 2.75) is 52.2 Å². The molecule has 19 heavy (non-hydrogen) atoms. The Hall–Kier alpha value is -0.620. The summed E-state index contributed by atoms with van der Waals surface area (Å²) in [6.45, 7) is 8.38. The first-order valence-corrected chi connectivity index (χ1v) is 8.01. The lowest BCUT2D eigenvalue weighted by molar-refractivity contribution is 0.0224. The fraction of sp³-hybridized carbons (Fsp3) is 0.692. The monoisotopic (exact) mass is 346 g/mol. The highest BCUT2D eigenvalue weighted by Gasteiger charge is 2.35. The summed E-state index contributed by atoms with van der Waals surface area (Å²) < 4.78 is 6.50. The van der Waals surface area contributed by atoms with Crippen LogP contribution in [0.3, 0.4) is 0 Å². The maximum atomic E-state index is 12.2. The van der Waals surface area contributed by atoms with Gasteiger partial charge in [0.15, 0.2) is 0 Å². The Balaban J connectivity index is 2.15. The molecular formula is C13H19BrN2O2S. The number of nitrogens with zero attached hydrogens (tertiary/aromatic N) is 2. The Morgan fingerprint density at radius 1 is 1.53 bits per heavy atom. The van der Waals surface area contributed by atoms with E-state index in [4.69, 9.17) is 4.74 Å². The van der Waals surface area contributed by atoms with Crippen LogP contribution in [-0.4, -0.2) is 28.1 Å². The summed E-state index contributed by atoms with van der Waals surface area (Å²) in [5, 5.41) is 0.993. The molecule has 0 bridgehead atoms. The number of carbonyl (C=O) groups excluding carboxylic acids is 1. The summed E-state index contributed by atoms with van der Waals surface area (Å²) in [5.74, 6) is 0. The average molecular weight is 347 g/mol. The van der Waals surface area contributed by atoms with Gasteiger partial charge < -0.3 is 4.74 Å². The number of amides is 1. The van der Waals surface area contributed by atoms with E-state index in [-0.39, 0.29) is 12.1 Å². The summed E-state index contributed by atoms with van der Waals surface area (Å²) >= 11 is 5.10. The molecule has 0 N–H and O–H groups in total. The molecule has 106 valence electrons. The molecule has 0 radical (unpaired) electrons. The first-order valence-electron chi connectivity index (χ1n) is 6.40. The van der Waals surface area contributed by atoms with E-state index in [0.29, 0.717) is 0 Å². The zero-order valence-electron chi connectivity index (χ0n) is 11.7. The van der Waals surface area contributed by atoms with Gasteiger partial charge in [-0.1, -0.05) is 0 Å². The molecule has 1 amide bonds. The van der Waals surface area contributed by atoms with Crippen LogP contribution in [0.25, 0.3) is 0 Å². The van der Waals surface area contributed by atoms with Crippen LogP contribution in [0.1, 0.15) is 50.4 Å². The third-order valence-corrected chi connectivity index (χ3v) is 5.03. The normalized spacial score (nSPS) is 19.8. The molecule has 1 aliphatic rings. The highest BCUT2D eigenvalue weighted by molar-refractivity contribution is 9.11. The smallest absolute Gasteiger partial charge is 0.410 e. The number of likely N-dealkylation sites (tertiary alicyclic amines) is 1. The Bertz CT molecular complexity index is 462. The maximum Gasteiger partial charge on any atom is 0.410 e. The van der Waals surface area contributed by atoms with Gasteiger partial charge in [-0.15, -0.1) is 11.3 Å². The van der Waals surface area contributed by atoms with E-state index >= 15 is 0 Å². The molecule has 1 aromatic rings. The Labute approximate surface area is 126 Å². The molecule has 6 heteroatoms. The van der Waals surface area contributed by atoms with Crippen LogP contribution in [0.5, 0.6) is 0 Å². The van der Waals surface area contributed by atoms with Gasteiger partial charge in [0.05, 0.1) is 15.5 Å². The van der Waals surface area contributed by atoms with Crippen LogP contribution in [0.15, 0.2) is 3.79 Å². The van der Waals surface area contributed by atoms with Gasteiger partial charge in [0.2, 0.25) is 0 Å². The first kappa shape index (κ1) is 14.8. The quantitative estimate of drug-likeness (QED) is 0.761. The standard InChI is InChI=1S/C13H19BrN2O2S/c1-8-10(14)19-11(15-8)9-6-5-7-16(9)12(17)18-13(2,3)4/h9H,5-7H2,1-4H3/t9-/m1/s1. The summed E-state index contributed by atoms with van der Waals surface area (Å²) in [6.07, 6.45) is 1.72. The molecule has 4 nitrogen and oxygen atoms in total.